The lowest BCUT2D eigenvalue weighted by molar-refractivity contribution is 0.0736. The Bertz CT molecular complexity index is 1310. The maximum atomic E-state index is 13.3. The minimum absolute atomic E-state index is 0.124. The average Bonchev–Trinajstić information content (AvgIpc) is 2.72. The third-order valence-corrected chi connectivity index (χ3v) is 5.49. The first kappa shape index (κ1) is 17.0. The van der Waals surface area contributed by atoms with Crippen LogP contribution in [0.15, 0.2) is 65.6 Å². The van der Waals surface area contributed by atoms with Crippen LogP contribution in [0.25, 0.3) is 16.6 Å². The van der Waals surface area contributed by atoms with Crippen molar-refractivity contribution in [2.45, 2.75) is 13.0 Å². The zero-order valence-electron chi connectivity index (χ0n) is 14.9. The van der Waals surface area contributed by atoms with E-state index in [9.17, 15) is 9.59 Å². The SMILES string of the molecule is O=C(c1cccn2c(=O)c3ccc(Cl)cc3nc12)N1CCc2ccccc2C1. The number of hydrogen-bond donors (Lipinski definition) is 0. The molecule has 0 saturated heterocycles. The summed E-state index contributed by atoms with van der Waals surface area (Å²) in [6.07, 6.45) is 2.46. The predicted molar refractivity (Wildman–Crippen MR) is 109 cm³/mol. The number of carbonyl (C=O) groups is 1. The van der Waals surface area contributed by atoms with Gasteiger partial charge in [0.25, 0.3) is 11.5 Å². The molecule has 4 aromatic rings. The van der Waals surface area contributed by atoms with Gasteiger partial charge in [-0.05, 0) is 47.9 Å². The summed E-state index contributed by atoms with van der Waals surface area (Å²) in [6.45, 7) is 1.19. The molecular formula is C22H16ClN3O2. The highest BCUT2D eigenvalue weighted by atomic mass is 35.5. The van der Waals surface area contributed by atoms with E-state index in [2.05, 4.69) is 17.1 Å². The van der Waals surface area contributed by atoms with Crippen molar-refractivity contribution in [1.82, 2.24) is 14.3 Å². The predicted octanol–water partition coefficient (Wildman–Crippen LogP) is 3.70. The lowest BCUT2D eigenvalue weighted by atomic mass is 9.99. The molecule has 5 nitrogen and oxygen atoms in total. The van der Waals surface area contributed by atoms with Gasteiger partial charge in [-0.1, -0.05) is 35.9 Å². The fraction of sp³-hybridized carbons (Fsp3) is 0.136. The van der Waals surface area contributed by atoms with E-state index in [0.29, 0.717) is 40.2 Å². The summed E-state index contributed by atoms with van der Waals surface area (Å²) in [5.41, 5.74) is 3.48. The molecule has 2 aromatic carbocycles. The molecule has 0 spiro atoms. The minimum atomic E-state index is -0.213. The molecule has 0 unspecified atom stereocenters. The highest BCUT2D eigenvalue weighted by molar-refractivity contribution is 6.31. The monoisotopic (exact) mass is 389 g/mol. The van der Waals surface area contributed by atoms with Crippen LogP contribution in [0.5, 0.6) is 0 Å². The number of halogens is 1. The van der Waals surface area contributed by atoms with Crippen LogP contribution in [0.3, 0.4) is 0 Å². The van der Waals surface area contributed by atoms with E-state index in [1.807, 2.05) is 17.0 Å². The highest BCUT2D eigenvalue weighted by Gasteiger charge is 2.24. The van der Waals surface area contributed by atoms with Crippen molar-refractivity contribution in [2.24, 2.45) is 0 Å². The molecule has 5 rings (SSSR count). The Kier molecular flexibility index (Phi) is 3.91. The van der Waals surface area contributed by atoms with Crippen molar-refractivity contribution < 1.29 is 4.79 Å². The van der Waals surface area contributed by atoms with Gasteiger partial charge in [-0.15, -0.1) is 0 Å². The van der Waals surface area contributed by atoms with Crippen LogP contribution in [-0.4, -0.2) is 26.7 Å². The van der Waals surface area contributed by atoms with Crippen LogP contribution in [0.2, 0.25) is 5.02 Å². The van der Waals surface area contributed by atoms with E-state index < -0.39 is 0 Å². The van der Waals surface area contributed by atoms with Crippen molar-refractivity contribution in [3.05, 3.63) is 92.9 Å². The number of benzene rings is 2. The maximum Gasteiger partial charge on any atom is 0.265 e. The van der Waals surface area contributed by atoms with Crippen LogP contribution in [0.4, 0.5) is 0 Å². The zero-order valence-corrected chi connectivity index (χ0v) is 15.7. The number of nitrogens with zero attached hydrogens (tertiary/aromatic N) is 3. The first-order chi connectivity index (χ1) is 13.6. The molecule has 0 N–H and O–H groups in total. The smallest absolute Gasteiger partial charge is 0.265 e. The summed E-state index contributed by atoms with van der Waals surface area (Å²) in [5.74, 6) is -0.124. The second-order valence-corrected chi connectivity index (χ2v) is 7.38. The van der Waals surface area contributed by atoms with Gasteiger partial charge in [0, 0.05) is 24.3 Å². The fourth-order valence-electron chi connectivity index (χ4n) is 3.81. The van der Waals surface area contributed by atoms with Crippen molar-refractivity contribution in [2.75, 3.05) is 6.54 Å². The summed E-state index contributed by atoms with van der Waals surface area (Å²) in [7, 11) is 0. The summed E-state index contributed by atoms with van der Waals surface area (Å²) in [6, 6.07) is 16.6. The molecule has 0 atom stereocenters. The van der Waals surface area contributed by atoms with Crippen molar-refractivity contribution >= 4 is 34.1 Å². The average molecular weight is 390 g/mol. The number of carbonyl (C=O) groups excluding carboxylic acids is 1. The third kappa shape index (κ3) is 2.67. The molecule has 2 aromatic heterocycles. The van der Waals surface area contributed by atoms with Crippen LogP contribution in [0, 0.1) is 0 Å². The molecule has 0 aliphatic carbocycles. The Hall–Kier alpha value is -3.18. The topological polar surface area (TPSA) is 54.7 Å². The highest BCUT2D eigenvalue weighted by Crippen LogP contribution is 2.22. The number of amides is 1. The van der Waals surface area contributed by atoms with Crippen LogP contribution >= 0.6 is 11.6 Å². The summed E-state index contributed by atoms with van der Waals surface area (Å²) in [5, 5.41) is 0.971. The molecule has 6 heteroatoms. The third-order valence-electron chi connectivity index (χ3n) is 5.25. The maximum absolute atomic E-state index is 13.3. The van der Waals surface area contributed by atoms with E-state index in [1.54, 1.807) is 36.5 Å². The summed E-state index contributed by atoms with van der Waals surface area (Å²) >= 11 is 6.07. The van der Waals surface area contributed by atoms with E-state index >= 15 is 0 Å². The first-order valence-electron chi connectivity index (χ1n) is 9.08. The van der Waals surface area contributed by atoms with Gasteiger partial charge >= 0.3 is 0 Å². The Morgan fingerprint density at radius 1 is 1.04 bits per heavy atom. The Balaban J connectivity index is 1.64. The van der Waals surface area contributed by atoms with E-state index in [0.717, 1.165) is 12.0 Å². The zero-order chi connectivity index (χ0) is 19.3. The molecule has 1 amide bonds. The van der Waals surface area contributed by atoms with E-state index in [4.69, 9.17) is 11.6 Å². The molecule has 0 bridgehead atoms. The standard InChI is InChI=1S/C22H16ClN3O2/c23-16-7-8-17-19(12-16)24-20-18(6-3-10-26(20)22(17)28)21(27)25-11-9-14-4-1-2-5-15(14)13-25/h1-8,10,12H,9,11,13H2. The van der Waals surface area contributed by atoms with Gasteiger partial charge in [-0.3, -0.25) is 14.0 Å². The van der Waals surface area contributed by atoms with Crippen LogP contribution in [-0.2, 0) is 13.0 Å². The van der Waals surface area contributed by atoms with Crippen molar-refractivity contribution in [3.8, 4) is 0 Å². The van der Waals surface area contributed by atoms with Gasteiger partial charge in [-0.2, -0.15) is 0 Å². The first-order valence-corrected chi connectivity index (χ1v) is 9.46. The Labute approximate surface area is 165 Å². The molecule has 0 fully saturated rings. The molecule has 1 aliphatic rings. The fourth-order valence-corrected chi connectivity index (χ4v) is 3.97. The van der Waals surface area contributed by atoms with Gasteiger partial charge in [0.05, 0.1) is 16.5 Å². The summed E-state index contributed by atoms with van der Waals surface area (Å²) < 4.78 is 1.43. The molecule has 28 heavy (non-hydrogen) atoms. The van der Waals surface area contributed by atoms with Crippen LogP contribution in [0.1, 0.15) is 21.5 Å². The van der Waals surface area contributed by atoms with Crippen molar-refractivity contribution in [3.63, 3.8) is 0 Å². The van der Waals surface area contributed by atoms with Crippen molar-refractivity contribution in [1.29, 1.82) is 0 Å². The number of hydrogen-bond acceptors (Lipinski definition) is 3. The Morgan fingerprint density at radius 3 is 2.71 bits per heavy atom. The Morgan fingerprint density at radius 2 is 1.86 bits per heavy atom. The number of rotatable bonds is 1. The van der Waals surface area contributed by atoms with Gasteiger partial charge in [0.2, 0.25) is 0 Å². The van der Waals surface area contributed by atoms with Gasteiger partial charge in [-0.25, -0.2) is 4.98 Å². The van der Waals surface area contributed by atoms with Gasteiger partial charge < -0.3 is 4.90 Å². The normalized spacial score (nSPS) is 13.7. The molecule has 0 radical (unpaired) electrons. The quantitative estimate of drug-likeness (QED) is 0.466. The molecule has 138 valence electrons. The number of aromatic nitrogens is 2. The molecule has 3 heterocycles. The van der Waals surface area contributed by atoms with Crippen LogP contribution < -0.4 is 5.56 Å². The molecule has 0 saturated carbocycles. The number of fused-ring (bicyclic) bond motifs is 3. The minimum Gasteiger partial charge on any atom is -0.334 e. The largest absolute Gasteiger partial charge is 0.334 e. The lowest BCUT2D eigenvalue weighted by Gasteiger charge is -2.29. The van der Waals surface area contributed by atoms with E-state index in [1.165, 1.54) is 9.96 Å². The van der Waals surface area contributed by atoms with E-state index in [-0.39, 0.29) is 11.5 Å². The summed E-state index contributed by atoms with van der Waals surface area (Å²) in [4.78, 5) is 32.6. The molecule has 1 aliphatic heterocycles. The second kappa shape index (κ2) is 6.46. The lowest BCUT2D eigenvalue weighted by Crippen LogP contribution is -2.36. The molecular weight excluding hydrogens is 374 g/mol. The second-order valence-electron chi connectivity index (χ2n) is 6.94. The van der Waals surface area contributed by atoms with Gasteiger partial charge in [0.1, 0.15) is 0 Å². The van der Waals surface area contributed by atoms with Gasteiger partial charge in [0.15, 0.2) is 5.65 Å². The number of pyridine rings is 1.